The van der Waals surface area contributed by atoms with Crippen molar-refractivity contribution >= 4 is 36.8 Å². The molecule has 0 saturated carbocycles. The van der Waals surface area contributed by atoms with E-state index in [-0.39, 0.29) is 15.0 Å². The molecule has 6 nitrogen and oxygen atoms in total. The number of nitrogens with one attached hydrogen (secondary N) is 2. The Labute approximate surface area is 359 Å². The van der Waals surface area contributed by atoms with Gasteiger partial charge in [0.15, 0.2) is 0 Å². The molecule has 0 saturated heterocycles. The fourth-order valence-electron chi connectivity index (χ4n) is 9.78. The Kier molecular flexibility index (Phi) is 9.19. The average molecular weight is 850 g/mol. The summed E-state index contributed by atoms with van der Waals surface area (Å²) in [6.45, 7) is 0. The molecular weight excluding hydrogens is 812 g/mol. The summed E-state index contributed by atoms with van der Waals surface area (Å²) in [5, 5.41) is 19.0. The predicted octanol–water partition coefficient (Wildman–Crippen LogP) is 11.4. The number of benzene rings is 8. The molecule has 61 heavy (non-hydrogen) atoms. The fraction of sp³-hybridized carbons (Fsp3) is 0.0370. The van der Waals surface area contributed by atoms with E-state index in [1.165, 1.54) is 0 Å². The summed E-state index contributed by atoms with van der Waals surface area (Å²) in [4.78, 5) is 0. The zero-order chi connectivity index (χ0) is 40.6. The van der Waals surface area contributed by atoms with Crippen LogP contribution in [0.3, 0.4) is 0 Å². The van der Waals surface area contributed by atoms with Gasteiger partial charge >= 0.3 is 362 Å². The Balaban J connectivity index is 1.23. The van der Waals surface area contributed by atoms with Gasteiger partial charge in [-0.05, 0) is 0 Å². The van der Waals surface area contributed by atoms with Gasteiger partial charge in [0.2, 0.25) is 0 Å². The summed E-state index contributed by atoms with van der Waals surface area (Å²) >= 11 is -0.381. The summed E-state index contributed by atoms with van der Waals surface area (Å²) < 4.78 is 10.6. The number of fused-ring (bicyclic) bond motifs is 2. The van der Waals surface area contributed by atoms with Crippen molar-refractivity contribution in [1.82, 2.24) is 28.4 Å². The quantitative estimate of drug-likeness (QED) is 0.106. The van der Waals surface area contributed by atoms with Crippen LogP contribution in [-0.4, -0.2) is 43.3 Å². The summed E-state index contributed by atoms with van der Waals surface area (Å²) in [6, 6.07) is 73.3. The molecule has 0 aliphatic rings. The maximum atomic E-state index is 5.30. The van der Waals surface area contributed by atoms with Crippen molar-refractivity contribution in [2.45, 2.75) is 10.8 Å². The van der Waals surface area contributed by atoms with Gasteiger partial charge < -0.3 is 0 Å². The van der Waals surface area contributed by atoms with Crippen LogP contribution >= 0.6 is 0 Å². The van der Waals surface area contributed by atoms with Crippen molar-refractivity contribution < 1.29 is 0 Å². The number of hydrogen-bond acceptors (Lipinski definition) is 4. The van der Waals surface area contributed by atoms with Crippen molar-refractivity contribution in [1.29, 1.82) is 0 Å². The van der Waals surface area contributed by atoms with Crippen molar-refractivity contribution in [3.05, 3.63) is 263 Å². The first-order chi connectivity index (χ1) is 30.3. The summed E-state index contributed by atoms with van der Waals surface area (Å²) in [5.74, 6) is 0. The number of aromatic nitrogens is 6. The minimum absolute atomic E-state index is 0.381. The second-order valence-electron chi connectivity index (χ2n) is 15.3. The molecule has 3 heterocycles. The third-order valence-electron chi connectivity index (χ3n) is 12.3. The molecule has 0 spiro atoms. The average Bonchev–Trinajstić information content (AvgIpc) is 4.14. The molecule has 0 aliphatic heterocycles. The summed E-state index contributed by atoms with van der Waals surface area (Å²) in [7, 11) is 0. The van der Waals surface area contributed by atoms with Crippen LogP contribution in [0.1, 0.15) is 44.5 Å². The molecule has 0 amide bonds. The van der Waals surface area contributed by atoms with Crippen LogP contribution in [-0.2, 0) is 10.8 Å². The third-order valence-corrected chi connectivity index (χ3v) is 13.4. The Bertz CT molecular complexity index is 2820. The zero-order valence-electron chi connectivity index (χ0n) is 33.0. The monoisotopic (exact) mass is 850 g/mol. The first-order valence-corrected chi connectivity index (χ1v) is 21.9. The van der Waals surface area contributed by atoms with Crippen LogP contribution in [0.15, 0.2) is 219 Å². The molecule has 11 aromatic rings. The van der Waals surface area contributed by atoms with E-state index < -0.39 is 10.8 Å². The molecule has 11 rings (SSSR count). The number of nitrogens with zero attached hydrogens (tertiary/aromatic N) is 4. The van der Waals surface area contributed by atoms with Gasteiger partial charge in [-0.1, -0.05) is 0 Å². The summed E-state index contributed by atoms with van der Waals surface area (Å²) in [5.41, 5.74) is 12.9. The molecule has 0 aliphatic carbocycles. The van der Waals surface area contributed by atoms with Crippen molar-refractivity contribution in [3.63, 3.8) is 0 Å². The molecular formula is C54H38N6Se. The van der Waals surface area contributed by atoms with Crippen LogP contribution in [0, 0.1) is 0 Å². The second-order valence-corrected chi connectivity index (χ2v) is 16.4. The Morgan fingerprint density at radius 3 is 0.869 bits per heavy atom. The van der Waals surface area contributed by atoms with Crippen molar-refractivity contribution in [3.8, 4) is 22.5 Å². The number of hydrogen-bond donors (Lipinski definition) is 2. The zero-order valence-corrected chi connectivity index (χ0v) is 34.7. The molecule has 7 heteroatoms. The third kappa shape index (κ3) is 5.70. The van der Waals surface area contributed by atoms with E-state index in [1.807, 2.05) is 12.4 Å². The molecule has 2 N–H and O–H groups in total. The van der Waals surface area contributed by atoms with Crippen molar-refractivity contribution in [2.75, 3.05) is 0 Å². The topological polar surface area (TPSA) is 83.1 Å². The van der Waals surface area contributed by atoms with Gasteiger partial charge in [-0.2, -0.15) is 0 Å². The maximum absolute atomic E-state index is 5.30. The Hall–Kier alpha value is -7.44. The van der Waals surface area contributed by atoms with E-state index in [4.69, 9.17) is 18.2 Å². The van der Waals surface area contributed by atoms with Crippen LogP contribution in [0.2, 0.25) is 0 Å². The molecule has 0 fully saturated rings. The van der Waals surface area contributed by atoms with Gasteiger partial charge in [0.1, 0.15) is 0 Å². The molecule has 0 radical (unpaired) electrons. The standard InChI is InChI=1S/C54H38N6Se/c1-7-21-37(22-8-1)53(38-23-9-2-10-24-38,39-25-11-3-12-26-39)45-35-55-57-49(45)47-43-33-19-20-34-44(43)48(52-51(47)59-61-60-52)50-46(36-56-58-50)54(40-27-13-4-14-28-40,41-29-15-5-16-30-41)42-31-17-6-18-32-42/h1-36H,(H,55,57)(H,56,58). The van der Waals surface area contributed by atoms with Crippen LogP contribution in [0.4, 0.5) is 0 Å². The van der Waals surface area contributed by atoms with Crippen LogP contribution in [0.25, 0.3) is 44.3 Å². The van der Waals surface area contributed by atoms with Gasteiger partial charge in [0.25, 0.3) is 0 Å². The fourth-order valence-corrected chi connectivity index (χ4v) is 11.0. The van der Waals surface area contributed by atoms with Gasteiger partial charge in [0, 0.05) is 0 Å². The molecule has 0 atom stereocenters. The molecule has 0 bridgehead atoms. The predicted molar refractivity (Wildman–Crippen MR) is 246 cm³/mol. The SMILES string of the molecule is c1ccc(C(c2ccccc2)(c2ccccc2)c2cn[nH]c2-c2c3ccccc3c(-c3[nH]ncc3C(c3ccccc3)(c3ccccc3)c3ccccc3)c3n[se]nc23)cc1. The van der Waals surface area contributed by atoms with Gasteiger partial charge in [-0.25, -0.2) is 0 Å². The number of aromatic amines is 2. The molecule has 3 aromatic heterocycles. The van der Waals surface area contributed by atoms with Gasteiger partial charge in [-0.3, -0.25) is 0 Å². The van der Waals surface area contributed by atoms with Crippen molar-refractivity contribution in [2.24, 2.45) is 0 Å². The van der Waals surface area contributed by atoms with Crippen LogP contribution in [0.5, 0.6) is 0 Å². The number of H-pyrrole nitrogens is 2. The Morgan fingerprint density at radius 2 is 0.590 bits per heavy atom. The minimum atomic E-state index is -0.725. The summed E-state index contributed by atoms with van der Waals surface area (Å²) in [6.07, 6.45) is 4.02. The molecule has 8 aromatic carbocycles. The number of rotatable bonds is 10. The van der Waals surface area contributed by atoms with Gasteiger partial charge in [0.05, 0.1) is 0 Å². The van der Waals surface area contributed by atoms with Crippen LogP contribution < -0.4 is 0 Å². The van der Waals surface area contributed by atoms with E-state index in [2.05, 4.69) is 216 Å². The molecule has 0 unspecified atom stereocenters. The van der Waals surface area contributed by atoms with E-state index >= 15 is 0 Å². The first kappa shape index (κ1) is 36.6. The normalized spacial score (nSPS) is 11.9. The van der Waals surface area contributed by atoms with E-state index in [1.54, 1.807) is 0 Å². The Morgan fingerprint density at radius 1 is 0.328 bits per heavy atom. The van der Waals surface area contributed by atoms with E-state index in [0.717, 1.165) is 88.8 Å². The second kappa shape index (κ2) is 15.3. The first-order valence-electron chi connectivity index (χ1n) is 20.4. The van der Waals surface area contributed by atoms with E-state index in [0.29, 0.717) is 0 Å². The van der Waals surface area contributed by atoms with E-state index in [9.17, 15) is 0 Å². The van der Waals surface area contributed by atoms with Gasteiger partial charge in [-0.15, -0.1) is 0 Å². The molecule has 290 valence electrons.